The maximum absolute atomic E-state index is 15.4. The van der Waals surface area contributed by atoms with E-state index >= 15 is 35.1 Å². The number of carbonyl (C=O) groups excluding carboxylic acids is 1. The molecule has 322 valence electrons. The molecule has 0 radical (unpaired) electrons. The number of rotatable bonds is 7. The van der Waals surface area contributed by atoms with Crippen LogP contribution < -0.4 is 26.4 Å². The normalized spacial score (nSPS) is 11.3. The quantitative estimate of drug-likeness (QED) is 0.0435. The molecule has 25 heteroatoms. The van der Waals surface area contributed by atoms with E-state index in [1.807, 2.05) is 24.3 Å². The van der Waals surface area contributed by atoms with Crippen molar-refractivity contribution in [2.45, 2.75) is 6.54 Å². The molecule has 0 aliphatic heterocycles. The van der Waals surface area contributed by atoms with Crippen LogP contribution in [0.4, 0.5) is 87.8 Å². The molecule has 1 aromatic heterocycles. The smallest absolute Gasteiger partial charge is 0.287 e. The van der Waals surface area contributed by atoms with Crippen LogP contribution in [0, 0.1) is 128 Å². The predicted molar refractivity (Wildman–Crippen MR) is 169 cm³/mol. The van der Waals surface area contributed by atoms with E-state index in [2.05, 4.69) is 4.98 Å². The van der Waals surface area contributed by atoms with E-state index in [0.29, 0.717) is 11.3 Å². The monoisotopic (exact) mass is 903 g/mol. The molecule has 0 aliphatic carbocycles. The molecule has 0 spiro atoms. The van der Waals surface area contributed by atoms with Crippen molar-refractivity contribution < 1.29 is 97.2 Å². The lowest BCUT2D eigenvalue weighted by Crippen LogP contribution is -2.81. The van der Waals surface area contributed by atoms with Crippen LogP contribution in [0.25, 0.3) is 0 Å². The van der Waals surface area contributed by atoms with Crippen LogP contribution in [0.1, 0.15) is 16.1 Å². The highest BCUT2D eigenvalue weighted by Crippen LogP contribution is 2.30. The molecule has 0 N–H and O–H groups in total. The summed E-state index contributed by atoms with van der Waals surface area (Å²) in [7, 11) is 0. The highest BCUT2D eigenvalue weighted by molar-refractivity contribution is 7.20. The number of benzene rings is 5. The fourth-order valence-corrected chi connectivity index (χ4v) is 6.36. The molecule has 0 saturated heterocycles. The van der Waals surface area contributed by atoms with Gasteiger partial charge < -0.3 is 0 Å². The Morgan fingerprint density at radius 1 is 0.468 bits per heavy atom. The average molecular weight is 903 g/mol. The summed E-state index contributed by atoms with van der Waals surface area (Å²) in [5.74, 6) is -71.4. The Hall–Kier alpha value is -7.00. The Labute approximate surface area is 330 Å². The molecule has 0 aliphatic rings. The van der Waals surface area contributed by atoms with Gasteiger partial charge in [0, 0.05) is 5.56 Å². The zero-order chi connectivity index (χ0) is 46.4. The van der Waals surface area contributed by atoms with Gasteiger partial charge in [0.25, 0.3) is 0 Å². The summed E-state index contributed by atoms with van der Waals surface area (Å²) in [5.41, 5.74) is -13.3. The topological polar surface area (TPSA) is 57.6 Å². The minimum absolute atomic E-state index is 0.0294. The fourth-order valence-electron chi connectivity index (χ4n) is 6.36. The fraction of sp³-hybridized carbons (Fsp3) is 0.0270. The highest BCUT2D eigenvalue weighted by Gasteiger charge is 2.52. The third-order valence-electron chi connectivity index (χ3n) is 9.07. The molecular formula is C37H10BF20N3O. The Morgan fingerprint density at radius 2 is 0.742 bits per heavy atom. The first-order valence-electron chi connectivity index (χ1n) is 16.1. The molecule has 62 heavy (non-hydrogen) atoms. The van der Waals surface area contributed by atoms with E-state index < -0.39 is 144 Å². The first kappa shape index (κ1) is 46.1. The van der Waals surface area contributed by atoms with Crippen LogP contribution in [0.15, 0.2) is 48.9 Å². The van der Waals surface area contributed by atoms with Crippen LogP contribution in [-0.2, 0) is 6.54 Å². The van der Waals surface area contributed by atoms with Gasteiger partial charge >= 0.3 is 5.69 Å². The van der Waals surface area contributed by atoms with Crippen molar-refractivity contribution in [1.29, 1.82) is 5.26 Å². The summed E-state index contributed by atoms with van der Waals surface area (Å²) in [6.45, 7) is 0.148. The van der Waals surface area contributed by atoms with Crippen LogP contribution >= 0.6 is 0 Å². The maximum atomic E-state index is 15.4. The summed E-state index contributed by atoms with van der Waals surface area (Å²) >= 11 is 0. The number of nitrogens with zero attached hydrogens (tertiary/aromatic N) is 3. The van der Waals surface area contributed by atoms with Crippen molar-refractivity contribution in [2.75, 3.05) is 0 Å². The van der Waals surface area contributed by atoms with Crippen LogP contribution in [0.2, 0.25) is 0 Å². The lowest BCUT2D eigenvalue weighted by Gasteiger charge is -2.44. The molecule has 0 bridgehead atoms. The number of ketones is 1. The second-order valence-corrected chi connectivity index (χ2v) is 12.3. The van der Waals surface area contributed by atoms with Crippen LogP contribution in [-0.4, -0.2) is 16.9 Å². The van der Waals surface area contributed by atoms with E-state index in [9.17, 15) is 57.5 Å². The van der Waals surface area contributed by atoms with Gasteiger partial charge in [0.15, 0.2) is 82.1 Å². The summed E-state index contributed by atoms with van der Waals surface area (Å²) in [4.78, 5) is 15.8. The van der Waals surface area contributed by atoms with E-state index in [0.717, 1.165) is 0 Å². The van der Waals surface area contributed by atoms with Gasteiger partial charge in [-0.15, -0.1) is 21.9 Å². The van der Waals surface area contributed by atoms with Gasteiger partial charge in [0.1, 0.15) is 58.9 Å². The van der Waals surface area contributed by atoms with Gasteiger partial charge in [0.05, 0.1) is 6.20 Å². The Balaban J connectivity index is 0.000000355. The second kappa shape index (κ2) is 17.2. The third-order valence-corrected chi connectivity index (χ3v) is 9.07. The van der Waals surface area contributed by atoms with Crippen molar-refractivity contribution in [1.82, 2.24) is 4.98 Å². The lowest BCUT2D eigenvalue weighted by atomic mass is 9.12. The summed E-state index contributed by atoms with van der Waals surface area (Å²) in [6, 6.07) is 11.0. The van der Waals surface area contributed by atoms with Gasteiger partial charge in [-0.1, -0.05) is 30.3 Å². The largest absolute Gasteiger partial charge is 0.302 e. The van der Waals surface area contributed by atoms with Crippen molar-refractivity contribution in [2.24, 2.45) is 0 Å². The Bertz CT molecular complexity index is 2490. The lowest BCUT2D eigenvalue weighted by molar-refractivity contribution is -0.686. The number of halogens is 20. The van der Waals surface area contributed by atoms with Gasteiger partial charge in [-0.3, -0.25) is 9.78 Å². The van der Waals surface area contributed by atoms with Gasteiger partial charge in [-0.05, 0) is 0 Å². The highest BCUT2D eigenvalue weighted by atomic mass is 19.2. The van der Waals surface area contributed by atoms with E-state index in [-0.39, 0.29) is 12.3 Å². The second-order valence-electron chi connectivity index (χ2n) is 12.3. The number of hydrogen-bond donors (Lipinski definition) is 0. The molecule has 0 atom stereocenters. The predicted octanol–water partition coefficient (Wildman–Crippen LogP) is 6.97. The van der Waals surface area contributed by atoms with Gasteiger partial charge in [0.2, 0.25) is 12.3 Å². The molecule has 5 aromatic carbocycles. The van der Waals surface area contributed by atoms with Crippen molar-refractivity contribution in [3.63, 3.8) is 0 Å². The standard InChI is InChI=1S/C24BF20.C13H10N3O/c26-5-1(6(27)14(35)21(42)13(5)34)25(2-7(28)15(36)22(43)16(37)8(2)29,3-9(30)17(38)23(44)18(39)10(3)31)4-11(32)19(40)24(45)20(41)12(4)33;14-8-12-9-15-6-7-16(12)10-13(17)11-4-2-1-3-5-11/h;1-7,9H,10H2/q-1;+1. The van der Waals surface area contributed by atoms with E-state index in [1.54, 1.807) is 29.1 Å². The zero-order valence-corrected chi connectivity index (χ0v) is 29.2. The number of hydrogen-bond acceptors (Lipinski definition) is 3. The van der Waals surface area contributed by atoms with Crippen molar-refractivity contribution in [3.8, 4) is 6.07 Å². The average Bonchev–Trinajstić information content (AvgIpc) is 3.26. The van der Waals surface area contributed by atoms with E-state index in [1.165, 1.54) is 6.20 Å². The maximum Gasteiger partial charge on any atom is 0.302 e. The molecule has 0 saturated carbocycles. The van der Waals surface area contributed by atoms with Gasteiger partial charge in [-0.25, -0.2) is 87.8 Å². The van der Waals surface area contributed by atoms with Crippen LogP contribution in [0.3, 0.4) is 0 Å². The molecule has 6 aromatic rings. The molecular weight excluding hydrogens is 893 g/mol. The first-order valence-corrected chi connectivity index (χ1v) is 16.1. The number of carbonyl (C=O) groups is 1. The van der Waals surface area contributed by atoms with Crippen molar-refractivity contribution >= 4 is 33.8 Å². The van der Waals surface area contributed by atoms with Crippen LogP contribution in [0.5, 0.6) is 0 Å². The molecule has 0 amide bonds. The van der Waals surface area contributed by atoms with Crippen molar-refractivity contribution in [3.05, 3.63) is 177 Å². The Kier molecular flexibility index (Phi) is 12.8. The molecule has 4 nitrogen and oxygen atoms in total. The Morgan fingerprint density at radius 3 is 1.02 bits per heavy atom. The summed E-state index contributed by atoms with van der Waals surface area (Å²) in [5, 5.41) is 8.88. The molecule has 0 fully saturated rings. The van der Waals surface area contributed by atoms with Gasteiger partial charge in [-0.2, -0.15) is 9.83 Å². The summed E-state index contributed by atoms with van der Waals surface area (Å²) < 4.78 is 296. The molecule has 1 heterocycles. The number of aromatic nitrogens is 2. The van der Waals surface area contributed by atoms with E-state index in [4.69, 9.17) is 5.26 Å². The number of nitriles is 1. The minimum atomic E-state index is -7.22. The minimum Gasteiger partial charge on any atom is -0.287 e. The first-order chi connectivity index (χ1) is 29.0. The molecule has 0 unspecified atom stereocenters. The summed E-state index contributed by atoms with van der Waals surface area (Å²) in [6.07, 6.45) is -2.60. The molecule has 6 rings (SSSR count). The zero-order valence-electron chi connectivity index (χ0n) is 29.2. The third kappa shape index (κ3) is 7.11. The SMILES string of the molecule is Fc1c(F)c(F)c([B-](c2c(F)c(F)c(F)c(F)c2F)(c2c(F)c(F)c(F)c(F)c2F)c2c(F)c(F)c(F)c(F)c2F)c(F)c1F.N#Cc1cncc[n+]1CC(=O)c1ccccc1. The number of Topliss-reactive ketones (excluding diaryl/α,β-unsaturated/α-hetero) is 1.